The van der Waals surface area contributed by atoms with Crippen LogP contribution in [-0.4, -0.2) is 100 Å². The standard InChI is InChI=1S/C37H59N5O5Si/c1-25-35(48(3,4)30-15-13-29(46-2)14-16-30)33(17-20-40-24-27(19-22-43)38-39-40)47-37(25)31-7-5-6-8-32(31)42(36(37)45)23-26-9-11-28(12-10-26)41-21-18-34(41)44/h24-26,28-30,33,35,43H,5-23H2,1-4H3/t25-,26?,28?,29?,30?,33+,35-,37+/m1/s1. The van der Waals surface area contributed by atoms with Crippen LogP contribution in [0.2, 0.25) is 24.2 Å². The topological polar surface area (TPSA) is 110 Å². The van der Waals surface area contributed by atoms with Gasteiger partial charge in [-0.3, -0.25) is 14.3 Å². The predicted molar refractivity (Wildman–Crippen MR) is 186 cm³/mol. The molecule has 1 aromatic heterocycles. The van der Waals surface area contributed by atoms with Crippen LogP contribution in [0.25, 0.3) is 0 Å². The number of hydrogen-bond donors (Lipinski definition) is 1. The molecule has 266 valence electrons. The number of methoxy groups -OCH3 is 1. The number of likely N-dealkylation sites (tertiary alicyclic amines) is 1. The van der Waals surface area contributed by atoms with Crippen molar-refractivity contribution in [3.8, 4) is 0 Å². The molecule has 10 nitrogen and oxygen atoms in total. The second-order valence-electron chi connectivity index (χ2n) is 16.5. The van der Waals surface area contributed by atoms with E-state index in [9.17, 15) is 9.90 Å². The third kappa shape index (κ3) is 6.02. The first-order valence-electron chi connectivity index (χ1n) is 19.2. The Kier molecular flexibility index (Phi) is 9.96. The highest BCUT2D eigenvalue weighted by atomic mass is 28.3. The number of ether oxygens (including phenoxy) is 2. The van der Waals surface area contributed by atoms with Gasteiger partial charge in [0.2, 0.25) is 5.91 Å². The van der Waals surface area contributed by atoms with Crippen molar-refractivity contribution >= 4 is 19.9 Å². The van der Waals surface area contributed by atoms with Crippen LogP contribution < -0.4 is 0 Å². The summed E-state index contributed by atoms with van der Waals surface area (Å²) in [4.78, 5) is 31.5. The predicted octanol–water partition coefficient (Wildman–Crippen LogP) is 5.48. The molecular weight excluding hydrogens is 623 g/mol. The summed E-state index contributed by atoms with van der Waals surface area (Å²) in [5.74, 6) is 1.13. The fourth-order valence-corrected chi connectivity index (χ4v) is 16.1. The first-order chi connectivity index (χ1) is 23.2. The Balaban J connectivity index is 1.15. The van der Waals surface area contributed by atoms with E-state index in [1.54, 1.807) is 0 Å². The minimum atomic E-state index is -1.93. The molecule has 1 spiro atoms. The Morgan fingerprint density at radius 3 is 2.46 bits per heavy atom. The fourth-order valence-electron chi connectivity index (χ4n) is 11.0. The van der Waals surface area contributed by atoms with Crippen LogP contribution in [-0.2, 0) is 32.0 Å². The molecule has 4 heterocycles. The van der Waals surface area contributed by atoms with E-state index in [0.29, 0.717) is 54.4 Å². The summed E-state index contributed by atoms with van der Waals surface area (Å²) in [7, 11) is -0.0851. The maximum Gasteiger partial charge on any atom is 0.263 e. The van der Waals surface area contributed by atoms with Gasteiger partial charge in [-0.05, 0) is 93.2 Å². The lowest BCUT2D eigenvalue weighted by molar-refractivity contribution is -0.150. The van der Waals surface area contributed by atoms with Crippen molar-refractivity contribution in [3.63, 3.8) is 0 Å². The molecule has 4 fully saturated rings. The molecule has 0 unspecified atom stereocenters. The van der Waals surface area contributed by atoms with Gasteiger partial charge in [0.15, 0.2) is 5.60 Å². The summed E-state index contributed by atoms with van der Waals surface area (Å²) >= 11 is 0. The highest BCUT2D eigenvalue weighted by Gasteiger charge is 2.67. The van der Waals surface area contributed by atoms with E-state index >= 15 is 4.79 Å². The van der Waals surface area contributed by atoms with E-state index in [0.717, 1.165) is 89.4 Å². The number of aliphatic hydroxyl groups is 1. The highest BCUT2D eigenvalue weighted by Crippen LogP contribution is 2.61. The van der Waals surface area contributed by atoms with E-state index < -0.39 is 13.7 Å². The molecule has 0 aromatic carbocycles. The number of fused-ring (bicyclic) bond motifs is 1. The fraction of sp³-hybridized carbons (Fsp3) is 0.838. The number of aryl methyl sites for hydroxylation is 1. The molecule has 2 amide bonds. The number of nitrogens with zero attached hydrogens (tertiary/aromatic N) is 5. The average Bonchev–Trinajstić information content (AvgIpc) is 3.74. The molecule has 4 atom stereocenters. The zero-order valence-electron chi connectivity index (χ0n) is 29.9. The molecule has 6 aliphatic rings. The van der Waals surface area contributed by atoms with E-state index in [1.807, 2.05) is 18.0 Å². The number of rotatable bonds is 11. The van der Waals surface area contributed by atoms with E-state index in [1.165, 1.54) is 24.1 Å². The minimum absolute atomic E-state index is 0.0172. The van der Waals surface area contributed by atoms with Gasteiger partial charge in [0.1, 0.15) is 0 Å². The van der Waals surface area contributed by atoms with Crippen molar-refractivity contribution in [2.45, 2.75) is 158 Å². The van der Waals surface area contributed by atoms with Crippen molar-refractivity contribution in [1.29, 1.82) is 0 Å². The van der Waals surface area contributed by atoms with Crippen molar-refractivity contribution < 1.29 is 24.2 Å². The number of aromatic nitrogens is 3. The number of allylic oxidation sites excluding steroid dienone is 1. The van der Waals surface area contributed by atoms with Crippen molar-refractivity contribution in [1.82, 2.24) is 24.8 Å². The van der Waals surface area contributed by atoms with Crippen LogP contribution >= 0.6 is 0 Å². The largest absolute Gasteiger partial charge is 0.396 e. The molecule has 7 rings (SSSR count). The van der Waals surface area contributed by atoms with E-state index in [2.05, 4.69) is 40.1 Å². The van der Waals surface area contributed by atoms with Crippen LogP contribution in [0.1, 0.15) is 103 Å². The van der Waals surface area contributed by atoms with Crippen molar-refractivity contribution in [2.24, 2.45) is 11.8 Å². The first-order valence-corrected chi connectivity index (χ1v) is 22.4. The summed E-state index contributed by atoms with van der Waals surface area (Å²) < 4.78 is 15.1. The summed E-state index contributed by atoms with van der Waals surface area (Å²) in [6.07, 6.45) is 17.4. The number of carbonyl (C=O) groups is 2. The Hall–Kier alpha value is -2.08. The Labute approximate surface area is 288 Å². The molecular formula is C37H59N5O5Si. The third-order valence-electron chi connectivity index (χ3n) is 13.8. The number of hydrogen-bond acceptors (Lipinski definition) is 7. The molecule has 3 aliphatic heterocycles. The summed E-state index contributed by atoms with van der Waals surface area (Å²) in [6.45, 7) is 10.0. The van der Waals surface area contributed by atoms with Crippen molar-refractivity contribution in [2.75, 3.05) is 26.8 Å². The summed E-state index contributed by atoms with van der Waals surface area (Å²) in [5, 5.41) is 18.1. The van der Waals surface area contributed by atoms with Gasteiger partial charge in [0.25, 0.3) is 5.91 Å². The lowest BCUT2D eigenvalue weighted by atomic mass is 9.78. The number of aliphatic hydroxyl groups excluding tert-OH is 1. The van der Waals surface area contributed by atoms with Gasteiger partial charge < -0.3 is 24.4 Å². The lowest BCUT2D eigenvalue weighted by Gasteiger charge is -2.45. The maximum absolute atomic E-state index is 15.1. The smallest absolute Gasteiger partial charge is 0.263 e. The Morgan fingerprint density at radius 2 is 1.79 bits per heavy atom. The van der Waals surface area contributed by atoms with E-state index in [-0.39, 0.29) is 24.5 Å². The molecule has 11 heteroatoms. The maximum atomic E-state index is 15.1. The summed E-state index contributed by atoms with van der Waals surface area (Å²) in [6, 6.07) is 0.392. The third-order valence-corrected chi connectivity index (χ3v) is 19.1. The molecule has 1 N–H and O–H groups in total. The van der Waals surface area contributed by atoms with Gasteiger partial charge in [-0.25, -0.2) is 0 Å². The van der Waals surface area contributed by atoms with Gasteiger partial charge >= 0.3 is 0 Å². The molecule has 3 aliphatic carbocycles. The molecule has 1 aromatic rings. The van der Waals surface area contributed by atoms with Gasteiger partial charge in [-0.2, -0.15) is 0 Å². The lowest BCUT2D eigenvalue weighted by Crippen LogP contribution is -2.52. The normalized spacial score (nSPS) is 35.9. The number of amides is 2. The van der Waals surface area contributed by atoms with Gasteiger partial charge in [0.05, 0.1) is 26.0 Å². The van der Waals surface area contributed by atoms with E-state index in [4.69, 9.17) is 9.47 Å². The van der Waals surface area contributed by atoms with Crippen LogP contribution in [0, 0.1) is 11.8 Å². The number of carbonyl (C=O) groups excluding carboxylic acids is 2. The molecule has 2 saturated heterocycles. The average molecular weight is 682 g/mol. The van der Waals surface area contributed by atoms with Crippen LogP contribution in [0.4, 0.5) is 0 Å². The molecule has 0 radical (unpaired) electrons. The second kappa shape index (κ2) is 13.9. The van der Waals surface area contributed by atoms with Crippen LogP contribution in [0.3, 0.4) is 0 Å². The first kappa shape index (κ1) is 34.4. The highest BCUT2D eigenvalue weighted by molar-refractivity contribution is 6.80. The summed E-state index contributed by atoms with van der Waals surface area (Å²) in [5.41, 5.74) is 3.57. The quantitative estimate of drug-likeness (QED) is 0.244. The Bertz CT molecular complexity index is 1370. The number of β-lactam (4-membered cyclic amide) rings is 1. The van der Waals surface area contributed by atoms with Crippen molar-refractivity contribution in [3.05, 3.63) is 23.2 Å². The zero-order valence-corrected chi connectivity index (χ0v) is 30.9. The van der Waals surface area contributed by atoms with Crippen LogP contribution in [0.5, 0.6) is 0 Å². The minimum Gasteiger partial charge on any atom is -0.396 e. The van der Waals surface area contributed by atoms with Gasteiger partial charge in [-0.1, -0.05) is 38.1 Å². The SMILES string of the molecule is COC1CCC([Si](C)(C)[C@H]2[C@H](CCn3cc(CCO)nn3)O[C@@]3(C(=O)N(CC4CCC(N5CCC5=O)CC4)C4=C3CCCC4)[C@@H]2C)CC1. The zero-order chi connectivity index (χ0) is 33.6. The molecule has 0 bridgehead atoms. The van der Waals surface area contributed by atoms with Crippen LogP contribution in [0.15, 0.2) is 17.5 Å². The second-order valence-corrected chi connectivity index (χ2v) is 21.7. The molecule has 2 saturated carbocycles. The Morgan fingerprint density at radius 1 is 1.04 bits per heavy atom. The van der Waals surface area contributed by atoms with Gasteiger partial charge in [0, 0.05) is 70.0 Å². The monoisotopic (exact) mass is 681 g/mol. The molecule has 48 heavy (non-hydrogen) atoms. The van der Waals surface area contributed by atoms with Gasteiger partial charge in [-0.15, -0.1) is 5.10 Å².